The van der Waals surface area contributed by atoms with E-state index in [4.69, 9.17) is 19.4 Å². The molecule has 1 aliphatic rings. The number of fused-ring (bicyclic) bond motifs is 3. The van der Waals surface area contributed by atoms with Crippen molar-refractivity contribution < 1.29 is 4.42 Å². The Hall–Kier alpha value is -7.37. The highest BCUT2D eigenvalue weighted by atomic mass is 16.3. The molecule has 5 heteroatoms. The third-order valence-corrected chi connectivity index (χ3v) is 10.4. The summed E-state index contributed by atoms with van der Waals surface area (Å²) in [6.45, 7) is 0. The SMILES string of the molecule is C1=CC(c2nc(-c3ccccc3)nc(-c3ccc(N(c4ccc(-c5ccccc5)cc4)c4ccc(-c5ccccc5)cc4)c4c3oc3ccccc34)n2)=CCC1. The summed E-state index contributed by atoms with van der Waals surface area (Å²) < 4.78 is 6.83. The van der Waals surface area contributed by atoms with Gasteiger partial charge in [-0.2, -0.15) is 0 Å². The fraction of sp³-hybridized carbons (Fsp3) is 0.0392. The van der Waals surface area contributed by atoms with Crippen molar-refractivity contribution in [1.82, 2.24) is 15.0 Å². The molecule has 0 aliphatic heterocycles. The number of aromatic nitrogens is 3. The molecule has 0 amide bonds. The number of allylic oxidation sites excluding steroid dienone is 4. The minimum absolute atomic E-state index is 0.565. The van der Waals surface area contributed by atoms with Crippen molar-refractivity contribution in [3.8, 4) is 45.0 Å². The van der Waals surface area contributed by atoms with Crippen molar-refractivity contribution in [2.75, 3.05) is 4.90 Å². The summed E-state index contributed by atoms with van der Waals surface area (Å²) in [7, 11) is 0. The Morgan fingerprint density at radius 3 is 1.59 bits per heavy atom. The first kappa shape index (κ1) is 33.2. The van der Waals surface area contributed by atoms with E-state index in [1.807, 2.05) is 54.6 Å². The number of para-hydroxylation sites is 1. The zero-order valence-electron chi connectivity index (χ0n) is 30.6. The van der Waals surface area contributed by atoms with Crippen molar-refractivity contribution in [3.63, 3.8) is 0 Å². The zero-order chi connectivity index (χ0) is 37.3. The summed E-state index contributed by atoms with van der Waals surface area (Å²) in [5.74, 6) is 1.84. The Morgan fingerprint density at radius 1 is 0.446 bits per heavy atom. The Bertz CT molecular complexity index is 2800. The van der Waals surface area contributed by atoms with Crippen LogP contribution in [-0.4, -0.2) is 15.0 Å². The van der Waals surface area contributed by atoms with Gasteiger partial charge in [0, 0.05) is 27.9 Å². The van der Waals surface area contributed by atoms with Gasteiger partial charge in [-0.25, -0.2) is 15.0 Å². The third kappa shape index (κ3) is 6.25. The van der Waals surface area contributed by atoms with Gasteiger partial charge in [0.2, 0.25) is 0 Å². The molecule has 10 rings (SSSR count). The summed E-state index contributed by atoms with van der Waals surface area (Å²) in [5.41, 5.74) is 12.0. The van der Waals surface area contributed by atoms with Crippen LogP contribution in [0.5, 0.6) is 0 Å². The van der Waals surface area contributed by atoms with Crippen LogP contribution < -0.4 is 4.90 Å². The average molecular weight is 721 g/mol. The summed E-state index contributed by atoms with van der Waals surface area (Å²) in [6.07, 6.45) is 8.46. The van der Waals surface area contributed by atoms with Gasteiger partial charge in [-0.15, -0.1) is 0 Å². The fourth-order valence-electron chi connectivity index (χ4n) is 7.59. The minimum atomic E-state index is 0.565. The van der Waals surface area contributed by atoms with Crippen LogP contribution in [0.1, 0.15) is 18.7 Å². The molecular formula is C51H36N4O. The molecule has 5 nitrogen and oxygen atoms in total. The number of nitrogens with zero attached hydrogens (tertiary/aromatic N) is 4. The highest BCUT2D eigenvalue weighted by Crippen LogP contribution is 2.46. The molecule has 7 aromatic carbocycles. The molecule has 56 heavy (non-hydrogen) atoms. The van der Waals surface area contributed by atoms with Crippen LogP contribution in [0, 0.1) is 0 Å². The van der Waals surface area contributed by atoms with Crippen molar-refractivity contribution in [2.45, 2.75) is 12.8 Å². The number of hydrogen-bond donors (Lipinski definition) is 0. The van der Waals surface area contributed by atoms with Gasteiger partial charge in [-0.1, -0.05) is 152 Å². The molecular weight excluding hydrogens is 685 g/mol. The van der Waals surface area contributed by atoms with Gasteiger partial charge in [0.1, 0.15) is 11.2 Å². The molecule has 1 aliphatic carbocycles. The highest BCUT2D eigenvalue weighted by molar-refractivity contribution is 6.16. The van der Waals surface area contributed by atoms with E-state index in [9.17, 15) is 0 Å². The van der Waals surface area contributed by atoms with Gasteiger partial charge in [-0.3, -0.25) is 0 Å². The van der Waals surface area contributed by atoms with Crippen molar-refractivity contribution >= 4 is 44.6 Å². The Kier molecular flexibility index (Phi) is 8.58. The lowest BCUT2D eigenvalue weighted by Crippen LogP contribution is -2.10. The van der Waals surface area contributed by atoms with Crippen molar-refractivity contribution in [1.29, 1.82) is 0 Å². The van der Waals surface area contributed by atoms with E-state index < -0.39 is 0 Å². The van der Waals surface area contributed by atoms with E-state index in [1.165, 1.54) is 11.1 Å². The molecule has 0 spiro atoms. The second kappa shape index (κ2) is 14.5. The molecule has 0 fully saturated rings. The second-order valence-electron chi connectivity index (χ2n) is 13.9. The first-order valence-electron chi connectivity index (χ1n) is 19.0. The standard InChI is InChI=1S/C51H36N4O/c1-5-15-35(16-6-1)37-25-29-41(30-26-37)55(42-31-27-38(28-32-42)36-17-7-2-8-18-36)45-34-33-44(48-47(45)43-23-13-14-24-46(43)56-48)51-53-49(39-19-9-3-10-20-39)52-50(54-51)40-21-11-4-12-22-40/h1-3,5-11,13-34H,4,12H2. The number of rotatable bonds is 8. The van der Waals surface area contributed by atoms with Gasteiger partial charge >= 0.3 is 0 Å². The van der Waals surface area contributed by atoms with Crippen LogP contribution in [0.2, 0.25) is 0 Å². The monoisotopic (exact) mass is 720 g/mol. The molecule has 9 aromatic rings. The van der Waals surface area contributed by atoms with Crippen LogP contribution in [0.4, 0.5) is 17.1 Å². The molecule has 0 N–H and O–H groups in total. The zero-order valence-corrected chi connectivity index (χ0v) is 30.6. The van der Waals surface area contributed by atoms with E-state index in [2.05, 4.69) is 144 Å². The largest absolute Gasteiger partial charge is 0.455 e. The molecule has 0 bridgehead atoms. The topological polar surface area (TPSA) is 55.1 Å². The molecule has 2 heterocycles. The van der Waals surface area contributed by atoms with Crippen LogP contribution >= 0.6 is 0 Å². The molecule has 0 unspecified atom stereocenters. The smallest absolute Gasteiger partial charge is 0.167 e. The maximum atomic E-state index is 6.83. The molecule has 0 saturated heterocycles. The number of hydrogen-bond acceptors (Lipinski definition) is 5. The van der Waals surface area contributed by atoms with Gasteiger partial charge in [0.15, 0.2) is 17.5 Å². The molecule has 0 atom stereocenters. The maximum Gasteiger partial charge on any atom is 0.167 e. The Balaban J connectivity index is 1.18. The summed E-state index contributed by atoms with van der Waals surface area (Å²) in [4.78, 5) is 17.5. The molecule has 266 valence electrons. The minimum Gasteiger partial charge on any atom is -0.455 e. The highest BCUT2D eigenvalue weighted by Gasteiger charge is 2.24. The predicted octanol–water partition coefficient (Wildman–Crippen LogP) is 13.6. The molecule has 0 saturated carbocycles. The molecule has 0 radical (unpaired) electrons. The van der Waals surface area contributed by atoms with Crippen molar-refractivity contribution in [2.24, 2.45) is 0 Å². The van der Waals surface area contributed by atoms with Crippen LogP contribution in [0.25, 0.3) is 72.5 Å². The van der Waals surface area contributed by atoms with Crippen LogP contribution in [0.15, 0.2) is 199 Å². The lowest BCUT2D eigenvalue weighted by Gasteiger charge is -2.27. The summed E-state index contributed by atoms with van der Waals surface area (Å²) in [6, 6.07) is 61.2. The summed E-state index contributed by atoms with van der Waals surface area (Å²) in [5, 5.41) is 2.00. The Labute approximate surface area is 325 Å². The fourth-order valence-corrected chi connectivity index (χ4v) is 7.59. The maximum absolute atomic E-state index is 6.83. The summed E-state index contributed by atoms with van der Waals surface area (Å²) >= 11 is 0. The van der Waals surface area contributed by atoms with E-state index in [-0.39, 0.29) is 0 Å². The van der Waals surface area contributed by atoms with E-state index in [1.54, 1.807) is 0 Å². The number of furan rings is 1. The van der Waals surface area contributed by atoms with Gasteiger partial charge < -0.3 is 9.32 Å². The Morgan fingerprint density at radius 2 is 0.982 bits per heavy atom. The molecule has 2 aromatic heterocycles. The van der Waals surface area contributed by atoms with Gasteiger partial charge in [-0.05, 0) is 77.6 Å². The average Bonchev–Trinajstić information content (AvgIpc) is 3.68. The van der Waals surface area contributed by atoms with E-state index in [0.717, 1.165) is 79.7 Å². The first-order valence-corrected chi connectivity index (χ1v) is 19.0. The number of anilines is 3. The van der Waals surface area contributed by atoms with E-state index >= 15 is 0 Å². The second-order valence-corrected chi connectivity index (χ2v) is 13.9. The van der Waals surface area contributed by atoms with Crippen molar-refractivity contribution in [3.05, 3.63) is 200 Å². The lowest BCUT2D eigenvalue weighted by molar-refractivity contribution is 0.669. The quantitative estimate of drug-likeness (QED) is 0.156. The van der Waals surface area contributed by atoms with Gasteiger partial charge in [0.05, 0.1) is 16.6 Å². The predicted molar refractivity (Wildman–Crippen MR) is 230 cm³/mol. The number of benzene rings is 7. The van der Waals surface area contributed by atoms with Crippen LogP contribution in [0.3, 0.4) is 0 Å². The lowest BCUT2D eigenvalue weighted by atomic mass is 10.0. The van der Waals surface area contributed by atoms with E-state index in [0.29, 0.717) is 17.5 Å². The normalized spacial score (nSPS) is 12.5. The van der Waals surface area contributed by atoms with Gasteiger partial charge in [0.25, 0.3) is 0 Å². The third-order valence-electron chi connectivity index (χ3n) is 10.4. The van der Waals surface area contributed by atoms with Crippen LogP contribution in [-0.2, 0) is 0 Å². The first-order chi connectivity index (χ1) is 27.8.